The molecule has 4 N–H and O–H groups in total. The Balaban J connectivity index is 1.94. The van der Waals surface area contributed by atoms with Crippen LogP contribution in [0.3, 0.4) is 0 Å². The molecule has 18 heavy (non-hydrogen) atoms. The Morgan fingerprint density at radius 1 is 1.56 bits per heavy atom. The van der Waals surface area contributed by atoms with E-state index in [-0.39, 0.29) is 0 Å². The zero-order valence-corrected chi connectivity index (χ0v) is 11.7. The molecule has 0 bridgehead atoms. The van der Waals surface area contributed by atoms with Gasteiger partial charge in [-0.05, 0) is 43.1 Å². The maximum atomic E-state index is 10.5. The fourth-order valence-corrected chi connectivity index (χ4v) is 3.01. The van der Waals surface area contributed by atoms with E-state index in [1.807, 2.05) is 0 Å². The van der Waals surface area contributed by atoms with Crippen LogP contribution < -0.4 is 15.8 Å². The standard InChI is InChI=1S/C12H21N3O2S/c1-8-3-5-12(16,6-4-8)7-14-11-9(17-2)10(13)15-18-11/h8,14,16H,3-7H2,1-2H3,(H2,13,15). The molecule has 1 aliphatic rings. The molecule has 1 saturated carbocycles. The number of nitrogens with zero attached hydrogens (tertiary/aromatic N) is 1. The first-order chi connectivity index (χ1) is 8.54. The quantitative estimate of drug-likeness (QED) is 0.781. The van der Waals surface area contributed by atoms with Crippen LogP contribution in [0.2, 0.25) is 0 Å². The maximum Gasteiger partial charge on any atom is 0.197 e. The van der Waals surface area contributed by atoms with Crippen molar-refractivity contribution >= 4 is 22.4 Å². The molecule has 0 spiro atoms. The zero-order valence-electron chi connectivity index (χ0n) is 10.9. The van der Waals surface area contributed by atoms with Crippen LogP contribution in [0, 0.1) is 5.92 Å². The van der Waals surface area contributed by atoms with E-state index in [1.54, 1.807) is 7.11 Å². The summed E-state index contributed by atoms with van der Waals surface area (Å²) in [5, 5.41) is 14.5. The minimum absolute atomic E-state index is 0.397. The van der Waals surface area contributed by atoms with Crippen molar-refractivity contribution in [3.8, 4) is 5.75 Å². The lowest BCUT2D eigenvalue weighted by Gasteiger charge is -2.35. The lowest BCUT2D eigenvalue weighted by molar-refractivity contribution is 0.00504. The molecule has 1 aromatic heterocycles. The van der Waals surface area contributed by atoms with Gasteiger partial charge in [-0.25, -0.2) is 0 Å². The number of aliphatic hydroxyl groups is 1. The van der Waals surface area contributed by atoms with Gasteiger partial charge in [0.25, 0.3) is 0 Å². The topological polar surface area (TPSA) is 80.4 Å². The Morgan fingerprint density at radius 2 is 2.22 bits per heavy atom. The second kappa shape index (κ2) is 5.32. The molecule has 102 valence electrons. The van der Waals surface area contributed by atoms with Gasteiger partial charge in [0.05, 0.1) is 12.7 Å². The molecule has 1 aromatic rings. The van der Waals surface area contributed by atoms with E-state index in [2.05, 4.69) is 16.6 Å². The zero-order chi connectivity index (χ0) is 13.2. The van der Waals surface area contributed by atoms with Crippen molar-refractivity contribution in [3.63, 3.8) is 0 Å². The van der Waals surface area contributed by atoms with Crippen LogP contribution in [0.15, 0.2) is 0 Å². The molecule has 0 unspecified atom stereocenters. The Hall–Kier alpha value is -1.01. The normalized spacial score (nSPS) is 28.1. The summed E-state index contributed by atoms with van der Waals surface area (Å²) in [5.74, 6) is 1.70. The largest absolute Gasteiger partial charge is 0.490 e. The minimum Gasteiger partial charge on any atom is -0.490 e. The molecule has 2 rings (SSSR count). The smallest absolute Gasteiger partial charge is 0.197 e. The average molecular weight is 271 g/mol. The third kappa shape index (κ3) is 2.87. The van der Waals surface area contributed by atoms with E-state index >= 15 is 0 Å². The van der Waals surface area contributed by atoms with Crippen molar-refractivity contribution in [3.05, 3.63) is 0 Å². The van der Waals surface area contributed by atoms with Crippen molar-refractivity contribution in [2.75, 3.05) is 24.7 Å². The fraction of sp³-hybridized carbons (Fsp3) is 0.750. The third-order valence-corrected chi connectivity index (χ3v) is 4.46. The predicted molar refractivity (Wildman–Crippen MR) is 74.1 cm³/mol. The number of anilines is 2. The van der Waals surface area contributed by atoms with Gasteiger partial charge in [-0.1, -0.05) is 6.92 Å². The van der Waals surface area contributed by atoms with Crippen molar-refractivity contribution < 1.29 is 9.84 Å². The number of ether oxygens (including phenoxy) is 1. The van der Waals surface area contributed by atoms with Gasteiger partial charge in [0.2, 0.25) is 0 Å². The lowest BCUT2D eigenvalue weighted by atomic mass is 9.79. The van der Waals surface area contributed by atoms with E-state index in [0.29, 0.717) is 18.1 Å². The number of rotatable bonds is 4. The summed E-state index contributed by atoms with van der Waals surface area (Å²) in [6, 6.07) is 0. The van der Waals surface area contributed by atoms with Crippen LogP contribution in [-0.2, 0) is 0 Å². The summed E-state index contributed by atoms with van der Waals surface area (Å²) in [5.41, 5.74) is 5.07. The number of nitrogen functional groups attached to an aromatic ring is 1. The van der Waals surface area contributed by atoms with Gasteiger partial charge in [0.15, 0.2) is 16.6 Å². The Kier molecular flexibility index (Phi) is 3.97. The summed E-state index contributed by atoms with van der Waals surface area (Å²) in [6.07, 6.45) is 3.86. The molecule has 0 aliphatic heterocycles. The van der Waals surface area contributed by atoms with Gasteiger partial charge in [0.1, 0.15) is 0 Å². The molecule has 1 heterocycles. The number of aromatic nitrogens is 1. The van der Waals surface area contributed by atoms with Crippen LogP contribution in [-0.4, -0.2) is 28.7 Å². The molecule has 0 amide bonds. The lowest BCUT2D eigenvalue weighted by Crippen LogP contribution is -2.40. The Labute approximate surface area is 112 Å². The van der Waals surface area contributed by atoms with E-state index < -0.39 is 5.60 Å². The van der Waals surface area contributed by atoms with Crippen molar-refractivity contribution in [2.24, 2.45) is 5.92 Å². The van der Waals surface area contributed by atoms with Crippen molar-refractivity contribution in [2.45, 2.75) is 38.2 Å². The first kappa shape index (κ1) is 13.4. The molecule has 6 heteroatoms. The van der Waals surface area contributed by atoms with E-state index in [1.165, 1.54) is 11.5 Å². The maximum absolute atomic E-state index is 10.5. The van der Waals surface area contributed by atoms with Gasteiger partial charge < -0.3 is 20.9 Å². The van der Waals surface area contributed by atoms with E-state index in [9.17, 15) is 5.11 Å². The SMILES string of the molecule is COc1c(N)nsc1NCC1(O)CCC(C)CC1. The molecule has 5 nitrogen and oxygen atoms in total. The molecule has 1 aliphatic carbocycles. The van der Waals surface area contributed by atoms with Crippen LogP contribution in [0.1, 0.15) is 32.6 Å². The monoisotopic (exact) mass is 271 g/mol. The minimum atomic E-state index is -0.615. The third-order valence-electron chi connectivity index (χ3n) is 3.66. The van der Waals surface area contributed by atoms with Gasteiger partial charge >= 0.3 is 0 Å². The highest BCUT2D eigenvalue weighted by atomic mass is 32.1. The highest BCUT2D eigenvalue weighted by Crippen LogP contribution is 2.37. The van der Waals surface area contributed by atoms with Crippen LogP contribution in [0.5, 0.6) is 5.75 Å². The van der Waals surface area contributed by atoms with E-state index in [0.717, 1.165) is 36.6 Å². The second-order valence-corrected chi connectivity index (χ2v) is 5.96. The summed E-state index contributed by atoms with van der Waals surface area (Å²) in [4.78, 5) is 0. The molecule has 0 aromatic carbocycles. The number of nitrogens with two attached hydrogens (primary N) is 1. The molecule has 0 saturated heterocycles. The first-order valence-electron chi connectivity index (χ1n) is 6.29. The van der Waals surface area contributed by atoms with Crippen molar-refractivity contribution in [1.82, 2.24) is 4.37 Å². The summed E-state index contributed by atoms with van der Waals surface area (Å²) < 4.78 is 9.22. The van der Waals surface area contributed by atoms with Gasteiger partial charge in [-0.3, -0.25) is 0 Å². The van der Waals surface area contributed by atoms with Crippen LogP contribution in [0.25, 0.3) is 0 Å². The molecule has 0 radical (unpaired) electrons. The first-order valence-corrected chi connectivity index (χ1v) is 7.07. The number of methoxy groups -OCH3 is 1. The predicted octanol–water partition coefficient (Wildman–Crippen LogP) is 2.09. The summed E-state index contributed by atoms with van der Waals surface area (Å²) in [6.45, 7) is 2.76. The molecule has 0 atom stereocenters. The highest BCUT2D eigenvalue weighted by Gasteiger charge is 2.32. The molecular weight excluding hydrogens is 250 g/mol. The van der Waals surface area contributed by atoms with E-state index in [4.69, 9.17) is 10.5 Å². The van der Waals surface area contributed by atoms with Crippen molar-refractivity contribution in [1.29, 1.82) is 0 Å². The van der Waals surface area contributed by atoms with Gasteiger partial charge in [-0.15, -0.1) is 0 Å². The van der Waals surface area contributed by atoms with Crippen LogP contribution in [0.4, 0.5) is 10.8 Å². The number of nitrogens with one attached hydrogen (secondary N) is 1. The van der Waals surface area contributed by atoms with Crippen LogP contribution >= 0.6 is 11.5 Å². The Bertz CT molecular complexity index is 400. The highest BCUT2D eigenvalue weighted by molar-refractivity contribution is 7.11. The number of hydrogen-bond donors (Lipinski definition) is 3. The van der Waals surface area contributed by atoms with Gasteiger partial charge in [-0.2, -0.15) is 4.37 Å². The fourth-order valence-electron chi connectivity index (χ4n) is 2.32. The van der Waals surface area contributed by atoms with Gasteiger partial charge in [0, 0.05) is 6.54 Å². The molecular formula is C12H21N3O2S. The second-order valence-electron chi connectivity index (χ2n) is 5.19. The Morgan fingerprint density at radius 3 is 2.83 bits per heavy atom. The average Bonchev–Trinajstić information content (AvgIpc) is 2.72. The number of hydrogen-bond acceptors (Lipinski definition) is 6. The summed E-state index contributed by atoms with van der Waals surface area (Å²) >= 11 is 1.27. The summed E-state index contributed by atoms with van der Waals surface area (Å²) in [7, 11) is 1.57. The molecule has 1 fully saturated rings.